The van der Waals surface area contributed by atoms with Gasteiger partial charge in [0.2, 0.25) is 0 Å². The first-order chi connectivity index (χ1) is 8.56. The van der Waals surface area contributed by atoms with Crippen LogP contribution in [0.5, 0.6) is 5.75 Å². The van der Waals surface area contributed by atoms with Gasteiger partial charge in [0.25, 0.3) is 11.0 Å². The molecule has 2 rings (SSSR count). The molecule has 5 nitrogen and oxygen atoms in total. The molecule has 0 saturated carbocycles. The van der Waals surface area contributed by atoms with Crippen LogP contribution >= 0.6 is 0 Å². The summed E-state index contributed by atoms with van der Waals surface area (Å²) in [6.07, 6.45) is -0.524. The number of benzene rings is 1. The Bertz CT molecular complexity index is 494. The number of thiol groups is 1. The summed E-state index contributed by atoms with van der Waals surface area (Å²) in [6.45, 7) is -0.333. The molecule has 100 valence electrons. The monoisotopic (exact) mass is 276 g/mol. The van der Waals surface area contributed by atoms with Gasteiger partial charge >= 0.3 is 0 Å². The van der Waals surface area contributed by atoms with Gasteiger partial charge < -0.3 is 9.84 Å². The van der Waals surface area contributed by atoms with E-state index in [0.717, 1.165) is 5.56 Å². The van der Waals surface area contributed by atoms with Crippen LogP contribution in [0.2, 0.25) is 0 Å². The molecule has 0 aromatic heterocycles. The average Bonchev–Trinajstić information content (AvgIpc) is 2.35. The number of aryl methyl sites for hydroxylation is 1. The van der Waals surface area contributed by atoms with Crippen LogP contribution in [0, 0.1) is 5.82 Å². The van der Waals surface area contributed by atoms with Gasteiger partial charge in [-0.25, -0.2) is 12.8 Å². The zero-order valence-electron chi connectivity index (χ0n) is 9.41. The molecule has 2 unspecified atom stereocenters. The number of rotatable bonds is 4. The van der Waals surface area contributed by atoms with Gasteiger partial charge in [0.15, 0.2) is 0 Å². The fourth-order valence-corrected chi connectivity index (χ4v) is 2.17. The van der Waals surface area contributed by atoms with Crippen molar-refractivity contribution in [3.63, 3.8) is 0 Å². The molecule has 0 aliphatic carbocycles. The van der Waals surface area contributed by atoms with Gasteiger partial charge in [-0.15, -0.1) is 0 Å². The minimum Gasteiger partial charge on any atom is -0.487 e. The fraction of sp³-hybridized carbons (Fsp3) is 0.455. The number of hydrogen-bond donors (Lipinski definition) is 2. The van der Waals surface area contributed by atoms with E-state index in [4.69, 9.17) is 4.74 Å². The molecule has 1 N–H and O–H groups in total. The summed E-state index contributed by atoms with van der Waals surface area (Å²) in [6, 6.07) is 4.17. The summed E-state index contributed by atoms with van der Waals surface area (Å²) in [5.41, 5.74) is 0.745. The van der Waals surface area contributed by atoms with E-state index in [0.29, 0.717) is 18.6 Å². The predicted molar refractivity (Wildman–Crippen MR) is 61.4 cm³/mol. The SMILES string of the molecule is O=[SH](=O)OCC(O)C1CCc2cc(F)ccc2O1. The lowest BCUT2D eigenvalue weighted by molar-refractivity contribution is -0.00110. The van der Waals surface area contributed by atoms with E-state index >= 15 is 0 Å². The third kappa shape index (κ3) is 3.18. The molecule has 1 aromatic rings. The highest BCUT2D eigenvalue weighted by Crippen LogP contribution is 2.29. The molecule has 0 fully saturated rings. The lowest BCUT2D eigenvalue weighted by Crippen LogP contribution is -2.37. The predicted octanol–water partition coefficient (Wildman–Crippen LogP) is 0.423. The first-order valence-electron chi connectivity index (χ1n) is 5.46. The Morgan fingerprint density at radius 2 is 2.33 bits per heavy atom. The Morgan fingerprint density at radius 1 is 1.56 bits per heavy atom. The van der Waals surface area contributed by atoms with Crippen molar-refractivity contribution in [2.24, 2.45) is 0 Å². The molecule has 0 bridgehead atoms. The highest BCUT2D eigenvalue weighted by atomic mass is 32.2. The highest BCUT2D eigenvalue weighted by molar-refractivity contribution is 7.67. The van der Waals surface area contributed by atoms with E-state index in [2.05, 4.69) is 4.18 Å². The van der Waals surface area contributed by atoms with Crippen molar-refractivity contribution in [3.05, 3.63) is 29.6 Å². The molecule has 0 saturated heterocycles. The van der Waals surface area contributed by atoms with Crippen LogP contribution in [0.15, 0.2) is 18.2 Å². The van der Waals surface area contributed by atoms with Crippen LogP contribution < -0.4 is 4.74 Å². The third-order valence-corrected chi connectivity index (χ3v) is 3.14. The topological polar surface area (TPSA) is 72.8 Å². The van der Waals surface area contributed by atoms with Crippen LogP contribution in [0.25, 0.3) is 0 Å². The minimum atomic E-state index is -2.98. The molecule has 1 aromatic carbocycles. The number of fused-ring (bicyclic) bond motifs is 1. The van der Waals surface area contributed by atoms with Crippen LogP contribution in [0.1, 0.15) is 12.0 Å². The molecule has 0 spiro atoms. The molecule has 18 heavy (non-hydrogen) atoms. The lowest BCUT2D eigenvalue weighted by Gasteiger charge is -2.29. The Morgan fingerprint density at radius 3 is 3.06 bits per heavy atom. The molecule has 1 aliphatic rings. The molecule has 0 radical (unpaired) electrons. The second kappa shape index (κ2) is 5.64. The molecule has 1 heterocycles. The van der Waals surface area contributed by atoms with E-state index in [1.165, 1.54) is 18.2 Å². The zero-order valence-corrected chi connectivity index (χ0v) is 10.3. The maximum atomic E-state index is 13.0. The molecule has 7 heteroatoms. The highest BCUT2D eigenvalue weighted by Gasteiger charge is 2.26. The third-order valence-electron chi connectivity index (χ3n) is 2.78. The van der Waals surface area contributed by atoms with Gasteiger partial charge in [0, 0.05) is 0 Å². The fourth-order valence-electron chi connectivity index (χ4n) is 1.89. The summed E-state index contributed by atoms with van der Waals surface area (Å²) < 4.78 is 43.3. The Hall–Kier alpha value is -1.18. The maximum absolute atomic E-state index is 13.0. The Labute approximate surface area is 105 Å². The molecule has 0 amide bonds. The van der Waals surface area contributed by atoms with Crippen LogP contribution in [-0.4, -0.2) is 32.3 Å². The van der Waals surface area contributed by atoms with Gasteiger partial charge in [-0.05, 0) is 36.6 Å². The van der Waals surface area contributed by atoms with Crippen LogP contribution in [0.4, 0.5) is 4.39 Å². The first kappa shape index (κ1) is 13.3. The van der Waals surface area contributed by atoms with Crippen molar-refractivity contribution < 1.29 is 26.8 Å². The van der Waals surface area contributed by atoms with Gasteiger partial charge in [0.1, 0.15) is 23.8 Å². The lowest BCUT2D eigenvalue weighted by atomic mass is 9.99. The molecule has 1 aliphatic heterocycles. The maximum Gasteiger partial charge on any atom is 0.257 e. The van der Waals surface area contributed by atoms with Gasteiger partial charge in [-0.1, -0.05) is 0 Å². The van der Waals surface area contributed by atoms with Crippen molar-refractivity contribution in [1.82, 2.24) is 0 Å². The summed E-state index contributed by atoms with van der Waals surface area (Å²) in [5.74, 6) is 0.182. The summed E-state index contributed by atoms with van der Waals surface area (Å²) in [4.78, 5) is 0. The van der Waals surface area contributed by atoms with Gasteiger partial charge in [-0.3, -0.25) is 4.18 Å². The van der Waals surface area contributed by atoms with Crippen molar-refractivity contribution in [3.8, 4) is 5.75 Å². The standard InChI is InChI=1S/C11H13FO5S/c12-8-2-4-10-7(5-8)1-3-11(17-10)9(13)6-16-18(14)15/h2,4-5,9,11,13,18H,1,3,6H2. The average molecular weight is 276 g/mol. The van der Waals surface area contributed by atoms with Crippen molar-refractivity contribution >= 4 is 11.0 Å². The van der Waals surface area contributed by atoms with E-state index < -0.39 is 23.2 Å². The van der Waals surface area contributed by atoms with E-state index in [1.807, 2.05) is 0 Å². The smallest absolute Gasteiger partial charge is 0.257 e. The number of hydrogen-bond acceptors (Lipinski definition) is 5. The second-order valence-electron chi connectivity index (χ2n) is 4.03. The van der Waals surface area contributed by atoms with Gasteiger partial charge in [-0.2, -0.15) is 0 Å². The summed E-state index contributed by atoms with van der Waals surface area (Å²) >= 11 is 0. The number of aliphatic hydroxyl groups is 1. The summed E-state index contributed by atoms with van der Waals surface area (Å²) in [7, 11) is -2.98. The normalized spacial score (nSPS) is 20.3. The summed E-state index contributed by atoms with van der Waals surface area (Å²) in [5, 5.41) is 9.71. The van der Waals surface area contributed by atoms with Crippen molar-refractivity contribution in [2.75, 3.05) is 6.61 Å². The number of aliphatic hydroxyl groups excluding tert-OH is 1. The van der Waals surface area contributed by atoms with Crippen LogP contribution in [-0.2, 0) is 21.6 Å². The Kier molecular flexibility index (Phi) is 4.15. The quantitative estimate of drug-likeness (QED) is 0.780. The first-order valence-corrected chi connectivity index (χ1v) is 6.56. The molecular weight excluding hydrogens is 263 g/mol. The van der Waals surface area contributed by atoms with Gasteiger partial charge in [0.05, 0.1) is 6.61 Å². The number of ether oxygens (including phenoxy) is 1. The van der Waals surface area contributed by atoms with E-state index in [9.17, 15) is 17.9 Å². The molecular formula is C11H13FO5S. The van der Waals surface area contributed by atoms with Crippen molar-refractivity contribution in [1.29, 1.82) is 0 Å². The van der Waals surface area contributed by atoms with Crippen molar-refractivity contribution in [2.45, 2.75) is 25.0 Å². The van der Waals surface area contributed by atoms with E-state index in [1.54, 1.807) is 0 Å². The van der Waals surface area contributed by atoms with E-state index in [-0.39, 0.29) is 12.4 Å². The second-order valence-corrected chi connectivity index (χ2v) is 4.74. The minimum absolute atomic E-state index is 0.331. The Balaban J connectivity index is 2.00. The molecule has 2 atom stereocenters. The van der Waals surface area contributed by atoms with Crippen LogP contribution in [0.3, 0.4) is 0 Å². The number of halogens is 1. The zero-order chi connectivity index (χ0) is 13.1. The largest absolute Gasteiger partial charge is 0.487 e.